The molecule has 0 bridgehead atoms. The Kier molecular flexibility index (Phi) is 11.3. The minimum Gasteiger partial charge on any atom is -0.308 e. The zero-order valence-corrected chi connectivity index (χ0v) is 40.8. The van der Waals surface area contributed by atoms with Gasteiger partial charge in [-0.1, -0.05) is 127 Å². The molecule has 0 spiro atoms. The summed E-state index contributed by atoms with van der Waals surface area (Å²) < 4.78 is 48.6. The quantitative estimate of drug-likeness (QED) is 0.149. The van der Waals surface area contributed by atoms with Gasteiger partial charge in [-0.3, -0.25) is 0 Å². The van der Waals surface area contributed by atoms with E-state index < -0.39 is 11.7 Å². The number of nitrogens with zero attached hydrogens (tertiary/aromatic N) is 7. The number of hydrogen-bond acceptors (Lipinski definition) is 3. The molecule has 2 aromatic heterocycles. The summed E-state index contributed by atoms with van der Waals surface area (Å²) >= 11 is 0. The number of hydrogen-bond donors (Lipinski definition) is 0. The molecule has 0 unspecified atom stereocenters. The number of benzene rings is 10. The lowest BCUT2D eigenvalue weighted by Gasteiger charge is -2.20. The van der Waals surface area contributed by atoms with Crippen molar-refractivity contribution in [3.05, 3.63) is 251 Å². The highest BCUT2D eigenvalue weighted by Gasteiger charge is 2.32. The third-order valence-electron chi connectivity index (χ3n) is 14.3. The molecule has 12 aromatic rings. The topological polar surface area (TPSA) is 89.9 Å². The van der Waals surface area contributed by atoms with E-state index in [9.17, 15) is 29.0 Å². The summed E-state index contributed by atoms with van der Waals surface area (Å²) in [5.41, 5.74) is 13.0. The summed E-state index contributed by atoms with van der Waals surface area (Å²) in [4.78, 5) is 7.18. The van der Waals surface area contributed by atoms with Gasteiger partial charge in [0.1, 0.15) is 11.6 Å². The van der Waals surface area contributed by atoms with Crippen LogP contribution in [0, 0.1) is 54.1 Å². The van der Waals surface area contributed by atoms with Gasteiger partial charge in [-0.2, -0.15) is 29.0 Å². The Morgan fingerprint density at radius 3 is 1.01 bits per heavy atom. The highest BCUT2D eigenvalue weighted by atomic mass is 19.4. The second-order valence-electron chi connectivity index (χ2n) is 18.9. The minimum atomic E-state index is -4.66. The highest BCUT2D eigenvalue weighted by Crippen LogP contribution is 2.44. The molecule has 0 saturated heterocycles. The van der Waals surface area contributed by atoms with Crippen molar-refractivity contribution < 1.29 is 13.2 Å². The van der Waals surface area contributed by atoms with Crippen molar-refractivity contribution in [2.75, 3.05) is 0 Å². The highest BCUT2D eigenvalue weighted by molar-refractivity contribution is 6.13. The number of aromatic nitrogens is 2. The Bertz CT molecular complexity index is 4150. The van der Waals surface area contributed by atoms with Crippen molar-refractivity contribution in [1.29, 1.82) is 15.8 Å². The van der Waals surface area contributed by atoms with Gasteiger partial charge >= 0.3 is 6.18 Å². The molecule has 10 heteroatoms. The smallest absolute Gasteiger partial charge is 0.308 e. The fourth-order valence-corrected chi connectivity index (χ4v) is 10.6. The first-order valence-electron chi connectivity index (χ1n) is 24.3. The van der Waals surface area contributed by atoms with Crippen LogP contribution in [0.3, 0.4) is 0 Å². The van der Waals surface area contributed by atoms with Gasteiger partial charge in [-0.25, -0.2) is 9.69 Å². The van der Waals surface area contributed by atoms with Crippen molar-refractivity contribution in [3.8, 4) is 85.2 Å². The molecule has 0 saturated carbocycles. The lowest BCUT2D eigenvalue weighted by molar-refractivity contribution is -0.137. The maximum atomic E-state index is 14.9. The zero-order chi connectivity index (χ0) is 53.1. The van der Waals surface area contributed by atoms with Crippen LogP contribution in [0.4, 0.5) is 24.5 Å². The van der Waals surface area contributed by atoms with E-state index >= 15 is 0 Å². The van der Waals surface area contributed by atoms with Crippen molar-refractivity contribution >= 4 is 55.0 Å². The number of nitriles is 3. The molecule has 0 aliphatic heterocycles. The molecule has 77 heavy (non-hydrogen) atoms. The van der Waals surface area contributed by atoms with E-state index in [-0.39, 0.29) is 5.56 Å². The largest absolute Gasteiger partial charge is 0.416 e. The number of halogens is 3. The van der Waals surface area contributed by atoms with Crippen LogP contribution in [0.1, 0.15) is 27.8 Å². The van der Waals surface area contributed by atoms with Crippen LogP contribution in [0.2, 0.25) is 0 Å². The number of aryl methyl sites for hydroxylation is 1. The Morgan fingerprint density at radius 1 is 0.377 bits per heavy atom. The molecular formula is C67H36F3N7. The molecule has 0 amide bonds. The molecule has 0 fully saturated rings. The van der Waals surface area contributed by atoms with E-state index in [1.807, 2.05) is 143 Å². The van der Waals surface area contributed by atoms with E-state index in [0.717, 1.165) is 100 Å². The first-order valence-corrected chi connectivity index (χ1v) is 24.3. The maximum Gasteiger partial charge on any atom is 0.416 e. The molecule has 0 atom stereocenters. The molecule has 0 radical (unpaired) electrons. The Labute approximate surface area is 440 Å². The van der Waals surface area contributed by atoms with Gasteiger partial charge in [0.2, 0.25) is 0 Å². The lowest BCUT2D eigenvalue weighted by Crippen LogP contribution is -2.07. The van der Waals surface area contributed by atoms with Crippen LogP contribution in [-0.2, 0) is 6.18 Å². The fourth-order valence-electron chi connectivity index (χ4n) is 10.6. The Hall–Kier alpha value is -11.0. The predicted molar refractivity (Wildman–Crippen MR) is 299 cm³/mol. The molecule has 0 aliphatic carbocycles. The summed E-state index contributed by atoms with van der Waals surface area (Å²) in [6.45, 7) is 16.8. The van der Waals surface area contributed by atoms with Crippen LogP contribution in [-0.4, -0.2) is 9.13 Å². The van der Waals surface area contributed by atoms with Gasteiger partial charge in [-0.15, -0.1) is 0 Å². The normalized spacial score (nSPS) is 11.3. The molecule has 360 valence electrons. The fraction of sp³-hybridized carbons (Fsp3) is 0.0299. The predicted octanol–water partition coefficient (Wildman–Crippen LogP) is 18.3. The van der Waals surface area contributed by atoms with Crippen molar-refractivity contribution in [1.82, 2.24) is 9.13 Å². The van der Waals surface area contributed by atoms with Crippen molar-refractivity contribution in [3.63, 3.8) is 0 Å². The summed E-state index contributed by atoms with van der Waals surface area (Å²) in [5.74, 6) is 0. The van der Waals surface area contributed by atoms with Crippen LogP contribution >= 0.6 is 0 Å². The van der Waals surface area contributed by atoms with E-state index in [2.05, 4.69) is 27.9 Å². The SMILES string of the molecule is [C-]#[N+]c1ccc(-c2ccc3c4ccc(-c5ccc(C#N)cc5)cc4n(-c4cc(-c5cc(C)cc(C(F)(F)F)c5)cc(-n5c6cc(-c7ccc(C#N)cc7)ccc6c6ccc(-c7ccc([N+]#[C-])cc7)cc65)c4C#N)c3c2)cc1. The van der Waals surface area contributed by atoms with Crippen LogP contribution < -0.4 is 0 Å². The average Bonchev–Trinajstić information content (AvgIpc) is 3.99. The zero-order valence-electron chi connectivity index (χ0n) is 40.8. The number of fused-ring (bicyclic) bond motifs is 6. The van der Waals surface area contributed by atoms with E-state index in [1.165, 1.54) is 0 Å². The summed E-state index contributed by atoms with van der Waals surface area (Å²) in [6, 6.07) is 68.2. The van der Waals surface area contributed by atoms with Crippen molar-refractivity contribution in [2.45, 2.75) is 13.1 Å². The third kappa shape index (κ3) is 8.25. The summed E-state index contributed by atoms with van der Waals surface area (Å²) in [7, 11) is 0. The van der Waals surface area contributed by atoms with Gasteiger partial charge in [0, 0.05) is 21.5 Å². The van der Waals surface area contributed by atoms with E-state index in [0.29, 0.717) is 50.6 Å². The molecule has 0 N–H and O–H groups in total. The maximum absolute atomic E-state index is 14.9. The summed E-state index contributed by atoms with van der Waals surface area (Å²) in [6.07, 6.45) is -4.66. The van der Waals surface area contributed by atoms with Crippen LogP contribution in [0.25, 0.3) is 120 Å². The minimum absolute atomic E-state index is 0.237. The average molecular weight is 996 g/mol. The Balaban J connectivity index is 1.23. The first-order chi connectivity index (χ1) is 37.4. The second kappa shape index (κ2) is 18.5. The van der Waals surface area contributed by atoms with Crippen molar-refractivity contribution in [2.24, 2.45) is 0 Å². The van der Waals surface area contributed by atoms with E-state index in [1.54, 1.807) is 61.5 Å². The number of alkyl halides is 3. The van der Waals surface area contributed by atoms with Gasteiger partial charge in [-0.05, 0) is 141 Å². The van der Waals surface area contributed by atoms with E-state index in [4.69, 9.17) is 13.1 Å². The van der Waals surface area contributed by atoms with Crippen LogP contribution in [0.5, 0.6) is 0 Å². The molecule has 10 aromatic carbocycles. The molecular weight excluding hydrogens is 960 g/mol. The first kappa shape index (κ1) is 47.1. The third-order valence-corrected chi connectivity index (χ3v) is 14.3. The van der Waals surface area contributed by atoms with Gasteiger partial charge in [0.05, 0.1) is 75.4 Å². The van der Waals surface area contributed by atoms with Crippen LogP contribution in [0.15, 0.2) is 200 Å². The summed E-state index contributed by atoms with van der Waals surface area (Å²) in [5, 5.41) is 34.7. The molecule has 7 nitrogen and oxygen atoms in total. The molecule has 0 aliphatic rings. The standard InChI is InChI=1S/C67H36F3N7/c1-40-28-51(30-53(29-40)67(68,69)70)52-35-65(76-61-31-47(43-8-4-41(37-71)5-9-43)16-24-56(61)58-26-18-49(33-63(58)76)45-12-20-54(74-2)21-13-45)60(39-73)66(36-52)77-62-32-48(44-10-6-42(38-72)7-11-44)17-25-57(62)59-27-19-50(34-64(59)77)46-14-22-55(75-3)23-15-46/h4-36H,1H3. The monoisotopic (exact) mass is 995 g/mol. The lowest BCUT2D eigenvalue weighted by atomic mass is 9.96. The molecule has 2 heterocycles. The molecule has 12 rings (SSSR count). The Morgan fingerprint density at radius 2 is 0.701 bits per heavy atom. The second-order valence-corrected chi connectivity index (χ2v) is 18.9. The number of rotatable bonds is 7. The van der Waals surface area contributed by atoms with Gasteiger partial charge < -0.3 is 9.13 Å². The van der Waals surface area contributed by atoms with Gasteiger partial charge in [0.25, 0.3) is 0 Å². The van der Waals surface area contributed by atoms with Gasteiger partial charge in [0.15, 0.2) is 11.4 Å².